The van der Waals surface area contributed by atoms with Crippen LogP contribution in [-0.4, -0.2) is 47.8 Å². The molecule has 1 aliphatic rings. The number of carbonyl (C=O) groups is 3. The first kappa shape index (κ1) is 17.9. The predicted octanol–water partition coefficient (Wildman–Crippen LogP) is 1.17. The Morgan fingerprint density at radius 2 is 1.52 bits per heavy atom. The first-order valence-electron chi connectivity index (χ1n) is 6.49. The Balaban J connectivity index is 2.87. The second-order valence-corrected chi connectivity index (χ2v) is 5.74. The standard InChI is InChI=1S/C13H19BrO7/c1-6-10(5-18-7(2)15)21-13(14)12(20-9(4)17)11(6)19-8(3)16/h6,10-13H,5H2,1-4H3/t6-,10-,11+,12-,13+/m1/s1. The van der Waals surface area contributed by atoms with Crippen LogP contribution in [0.15, 0.2) is 0 Å². The summed E-state index contributed by atoms with van der Waals surface area (Å²) < 4.78 is 21.0. The third-order valence-electron chi connectivity index (χ3n) is 3.05. The van der Waals surface area contributed by atoms with Gasteiger partial charge in [0.15, 0.2) is 11.1 Å². The molecule has 0 radical (unpaired) electrons. The highest BCUT2D eigenvalue weighted by Crippen LogP contribution is 2.33. The van der Waals surface area contributed by atoms with Crippen molar-refractivity contribution in [2.75, 3.05) is 6.61 Å². The smallest absolute Gasteiger partial charge is 0.303 e. The van der Waals surface area contributed by atoms with Gasteiger partial charge in [0, 0.05) is 26.7 Å². The number of halogens is 1. The lowest BCUT2D eigenvalue weighted by Crippen LogP contribution is -2.55. The van der Waals surface area contributed by atoms with E-state index in [4.69, 9.17) is 18.9 Å². The minimum Gasteiger partial charge on any atom is -0.463 e. The lowest BCUT2D eigenvalue weighted by molar-refractivity contribution is -0.212. The molecule has 1 saturated heterocycles. The molecule has 0 spiro atoms. The summed E-state index contributed by atoms with van der Waals surface area (Å²) in [5.74, 6) is -1.73. The van der Waals surface area contributed by atoms with Gasteiger partial charge < -0.3 is 18.9 Å². The lowest BCUT2D eigenvalue weighted by Gasteiger charge is -2.42. The molecule has 0 aromatic rings. The summed E-state index contributed by atoms with van der Waals surface area (Å²) >= 11 is 3.26. The predicted molar refractivity (Wildman–Crippen MR) is 74.5 cm³/mol. The maximum Gasteiger partial charge on any atom is 0.303 e. The number of esters is 3. The van der Waals surface area contributed by atoms with Crippen LogP contribution in [0, 0.1) is 5.92 Å². The van der Waals surface area contributed by atoms with E-state index in [0.717, 1.165) is 0 Å². The third kappa shape index (κ3) is 5.28. The van der Waals surface area contributed by atoms with E-state index in [1.54, 1.807) is 6.92 Å². The molecule has 1 heterocycles. The summed E-state index contributed by atoms with van der Waals surface area (Å²) in [4.78, 5) is 33.3. The minimum atomic E-state index is -0.769. The molecule has 120 valence electrons. The van der Waals surface area contributed by atoms with Gasteiger partial charge in [0.25, 0.3) is 0 Å². The molecule has 0 aliphatic carbocycles. The molecular weight excluding hydrogens is 348 g/mol. The highest BCUT2D eigenvalue weighted by molar-refractivity contribution is 9.09. The van der Waals surface area contributed by atoms with Crippen molar-refractivity contribution in [1.82, 2.24) is 0 Å². The number of hydrogen-bond donors (Lipinski definition) is 0. The molecule has 1 rings (SSSR count). The van der Waals surface area contributed by atoms with Gasteiger partial charge in [-0.05, 0) is 0 Å². The highest BCUT2D eigenvalue weighted by Gasteiger charge is 2.47. The molecule has 7 nitrogen and oxygen atoms in total. The van der Waals surface area contributed by atoms with Crippen molar-refractivity contribution in [3.8, 4) is 0 Å². The fraction of sp³-hybridized carbons (Fsp3) is 0.769. The van der Waals surface area contributed by atoms with E-state index >= 15 is 0 Å². The highest BCUT2D eigenvalue weighted by atomic mass is 79.9. The molecule has 0 unspecified atom stereocenters. The van der Waals surface area contributed by atoms with Crippen LogP contribution >= 0.6 is 15.9 Å². The average molecular weight is 367 g/mol. The molecule has 0 N–H and O–H groups in total. The first-order chi connectivity index (χ1) is 9.72. The Morgan fingerprint density at radius 1 is 1.00 bits per heavy atom. The Labute approximate surface area is 131 Å². The lowest BCUT2D eigenvalue weighted by atomic mass is 9.91. The van der Waals surface area contributed by atoms with Crippen LogP contribution in [0.5, 0.6) is 0 Å². The van der Waals surface area contributed by atoms with Crippen molar-refractivity contribution in [2.24, 2.45) is 5.92 Å². The first-order valence-corrected chi connectivity index (χ1v) is 7.41. The molecule has 1 aliphatic heterocycles. The quantitative estimate of drug-likeness (QED) is 0.419. The van der Waals surface area contributed by atoms with Gasteiger partial charge in [0.2, 0.25) is 0 Å². The number of hydrogen-bond acceptors (Lipinski definition) is 7. The van der Waals surface area contributed by atoms with Gasteiger partial charge in [-0.1, -0.05) is 22.9 Å². The van der Waals surface area contributed by atoms with Gasteiger partial charge in [-0.25, -0.2) is 0 Å². The Hall–Kier alpha value is -1.15. The summed E-state index contributed by atoms with van der Waals surface area (Å²) in [5.41, 5.74) is 0. The van der Waals surface area contributed by atoms with E-state index in [0.29, 0.717) is 0 Å². The topological polar surface area (TPSA) is 88.1 Å². The summed E-state index contributed by atoms with van der Waals surface area (Å²) in [7, 11) is 0. The van der Waals surface area contributed by atoms with E-state index in [1.807, 2.05) is 0 Å². The van der Waals surface area contributed by atoms with Crippen LogP contribution in [0.2, 0.25) is 0 Å². The van der Waals surface area contributed by atoms with Gasteiger partial charge in [-0.15, -0.1) is 0 Å². The molecule has 8 heteroatoms. The molecule has 0 saturated carbocycles. The maximum atomic E-state index is 11.3. The van der Waals surface area contributed by atoms with Crippen molar-refractivity contribution in [3.63, 3.8) is 0 Å². The zero-order valence-corrected chi connectivity index (χ0v) is 13.9. The number of rotatable bonds is 4. The van der Waals surface area contributed by atoms with Crippen molar-refractivity contribution in [1.29, 1.82) is 0 Å². The normalized spacial score (nSPS) is 32.1. The fourth-order valence-corrected chi connectivity index (χ4v) is 2.78. The number of ether oxygens (including phenoxy) is 4. The van der Waals surface area contributed by atoms with Crippen LogP contribution in [0.4, 0.5) is 0 Å². The van der Waals surface area contributed by atoms with Crippen LogP contribution in [0.25, 0.3) is 0 Å². The number of alkyl halides is 1. The molecule has 0 amide bonds. The van der Waals surface area contributed by atoms with E-state index < -0.39 is 41.2 Å². The zero-order chi connectivity index (χ0) is 16.2. The van der Waals surface area contributed by atoms with Crippen molar-refractivity contribution in [3.05, 3.63) is 0 Å². The molecular formula is C13H19BrO7. The van der Waals surface area contributed by atoms with E-state index in [9.17, 15) is 14.4 Å². The molecule has 1 fully saturated rings. The van der Waals surface area contributed by atoms with Crippen molar-refractivity contribution in [2.45, 2.75) is 51.0 Å². The molecule has 21 heavy (non-hydrogen) atoms. The fourth-order valence-electron chi connectivity index (χ4n) is 2.10. The maximum absolute atomic E-state index is 11.3. The summed E-state index contributed by atoms with van der Waals surface area (Å²) in [6.07, 6.45) is -1.94. The largest absolute Gasteiger partial charge is 0.463 e. The number of carbonyl (C=O) groups excluding carboxylic acids is 3. The third-order valence-corrected chi connectivity index (χ3v) is 3.78. The second kappa shape index (κ2) is 7.74. The molecule has 5 atom stereocenters. The summed E-state index contributed by atoms with van der Waals surface area (Å²) in [6.45, 7) is 5.64. The van der Waals surface area contributed by atoms with Gasteiger partial charge in [-0.3, -0.25) is 14.4 Å². The monoisotopic (exact) mass is 366 g/mol. The van der Waals surface area contributed by atoms with Crippen LogP contribution < -0.4 is 0 Å². The minimum absolute atomic E-state index is 0.0309. The van der Waals surface area contributed by atoms with E-state index in [-0.39, 0.29) is 12.5 Å². The van der Waals surface area contributed by atoms with Gasteiger partial charge in [-0.2, -0.15) is 0 Å². The Kier molecular flexibility index (Phi) is 6.60. The van der Waals surface area contributed by atoms with Crippen LogP contribution in [0.1, 0.15) is 27.7 Å². The summed E-state index contributed by atoms with van der Waals surface area (Å²) in [6, 6.07) is 0. The van der Waals surface area contributed by atoms with Gasteiger partial charge in [0.1, 0.15) is 12.7 Å². The van der Waals surface area contributed by atoms with Gasteiger partial charge >= 0.3 is 17.9 Å². The second-order valence-electron chi connectivity index (χ2n) is 4.84. The molecule has 0 aromatic carbocycles. The van der Waals surface area contributed by atoms with Crippen molar-refractivity contribution < 1.29 is 33.3 Å². The SMILES string of the molecule is CC(=O)OC[C@H]1O[C@H](Br)[C@H](OC(C)=O)[C@@H](OC(C)=O)[C@@H]1C. The Bertz CT molecular complexity index is 411. The van der Waals surface area contributed by atoms with E-state index in [1.165, 1.54) is 20.8 Å². The van der Waals surface area contributed by atoms with E-state index in [2.05, 4.69) is 15.9 Å². The summed E-state index contributed by atoms with van der Waals surface area (Å²) in [5, 5.41) is -0.664. The van der Waals surface area contributed by atoms with Crippen molar-refractivity contribution >= 4 is 33.8 Å². The molecule has 0 aromatic heterocycles. The zero-order valence-electron chi connectivity index (χ0n) is 12.3. The molecule has 0 bridgehead atoms. The van der Waals surface area contributed by atoms with Crippen LogP contribution in [0.3, 0.4) is 0 Å². The Morgan fingerprint density at radius 3 is 2.00 bits per heavy atom. The van der Waals surface area contributed by atoms with Crippen LogP contribution in [-0.2, 0) is 33.3 Å². The van der Waals surface area contributed by atoms with Gasteiger partial charge in [0.05, 0.1) is 6.10 Å². The average Bonchev–Trinajstić information content (AvgIpc) is 2.35.